The van der Waals surface area contributed by atoms with E-state index in [1.807, 2.05) is 6.08 Å². The highest BCUT2D eigenvalue weighted by atomic mass is 19.2. The second-order valence-electron chi connectivity index (χ2n) is 8.28. The Morgan fingerprint density at radius 1 is 0.880 bits per heavy atom. The van der Waals surface area contributed by atoms with Crippen molar-refractivity contribution in [3.8, 4) is 0 Å². The molecule has 1 aromatic rings. The van der Waals surface area contributed by atoms with Gasteiger partial charge in [0.2, 0.25) is 0 Å². The molecule has 2 saturated carbocycles. The van der Waals surface area contributed by atoms with Crippen molar-refractivity contribution < 1.29 is 8.78 Å². The summed E-state index contributed by atoms with van der Waals surface area (Å²) in [7, 11) is 0. The van der Waals surface area contributed by atoms with Crippen LogP contribution < -0.4 is 0 Å². The highest BCUT2D eigenvalue weighted by Crippen LogP contribution is 2.42. The molecule has 0 saturated heterocycles. The maximum atomic E-state index is 13.3. The van der Waals surface area contributed by atoms with Gasteiger partial charge in [-0.05, 0) is 79.9 Å². The third kappa shape index (κ3) is 5.15. The van der Waals surface area contributed by atoms with Crippen molar-refractivity contribution in [2.75, 3.05) is 0 Å². The monoisotopic (exact) mass is 346 g/mol. The quantitative estimate of drug-likeness (QED) is 0.521. The number of rotatable bonds is 5. The minimum atomic E-state index is -0.772. The van der Waals surface area contributed by atoms with Crippen molar-refractivity contribution in [1.29, 1.82) is 0 Å². The van der Waals surface area contributed by atoms with Crippen LogP contribution in [-0.4, -0.2) is 0 Å². The lowest BCUT2D eigenvalue weighted by Crippen LogP contribution is -2.25. The highest BCUT2D eigenvalue weighted by molar-refractivity contribution is 5.49. The van der Waals surface area contributed by atoms with Crippen molar-refractivity contribution in [3.05, 3.63) is 41.5 Å². The van der Waals surface area contributed by atoms with Gasteiger partial charge in [0.05, 0.1) is 0 Å². The zero-order valence-electron chi connectivity index (χ0n) is 15.5. The molecule has 0 aliphatic heterocycles. The minimum Gasteiger partial charge on any atom is -0.204 e. The third-order valence-corrected chi connectivity index (χ3v) is 6.58. The van der Waals surface area contributed by atoms with Gasteiger partial charge in [-0.1, -0.05) is 50.8 Å². The van der Waals surface area contributed by atoms with Gasteiger partial charge >= 0.3 is 0 Å². The molecule has 2 aliphatic rings. The molecule has 0 bridgehead atoms. The van der Waals surface area contributed by atoms with Crippen LogP contribution in [0.4, 0.5) is 8.78 Å². The Labute approximate surface area is 151 Å². The number of halogens is 2. The van der Waals surface area contributed by atoms with Crippen LogP contribution in [0.3, 0.4) is 0 Å². The Bertz CT molecular complexity index is 561. The summed E-state index contributed by atoms with van der Waals surface area (Å²) in [5, 5.41) is 0. The number of allylic oxidation sites excluding steroid dienone is 1. The van der Waals surface area contributed by atoms with Crippen LogP contribution in [0.15, 0.2) is 24.3 Å². The molecule has 0 unspecified atom stereocenters. The van der Waals surface area contributed by atoms with Crippen LogP contribution in [0.25, 0.3) is 6.08 Å². The van der Waals surface area contributed by atoms with Crippen LogP contribution in [-0.2, 0) is 0 Å². The molecule has 0 nitrogen and oxygen atoms in total. The third-order valence-electron chi connectivity index (χ3n) is 6.58. The maximum absolute atomic E-state index is 13.3. The smallest absolute Gasteiger partial charge is 0.159 e. The van der Waals surface area contributed by atoms with Gasteiger partial charge in [0.1, 0.15) is 0 Å². The van der Waals surface area contributed by atoms with Crippen LogP contribution in [0.5, 0.6) is 0 Å². The van der Waals surface area contributed by atoms with Gasteiger partial charge in [-0.3, -0.25) is 0 Å². The molecule has 25 heavy (non-hydrogen) atoms. The van der Waals surface area contributed by atoms with E-state index in [0.29, 0.717) is 5.92 Å². The van der Waals surface area contributed by atoms with E-state index in [2.05, 4.69) is 13.0 Å². The average molecular weight is 347 g/mol. The van der Waals surface area contributed by atoms with Crippen molar-refractivity contribution in [2.24, 2.45) is 23.7 Å². The van der Waals surface area contributed by atoms with Gasteiger partial charge in [-0.15, -0.1) is 0 Å². The van der Waals surface area contributed by atoms with E-state index in [9.17, 15) is 8.78 Å². The van der Waals surface area contributed by atoms with Gasteiger partial charge in [0, 0.05) is 0 Å². The summed E-state index contributed by atoms with van der Waals surface area (Å²) in [6.45, 7) is 2.31. The molecular weight excluding hydrogens is 314 g/mol. The first kappa shape index (κ1) is 18.6. The second-order valence-corrected chi connectivity index (χ2v) is 8.28. The Kier molecular flexibility index (Phi) is 6.67. The predicted molar refractivity (Wildman–Crippen MR) is 101 cm³/mol. The van der Waals surface area contributed by atoms with Gasteiger partial charge in [0.25, 0.3) is 0 Å². The summed E-state index contributed by atoms with van der Waals surface area (Å²) < 4.78 is 26.3. The van der Waals surface area contributed by atoms with E-state index in [-0.39, 0.29) is 0 Å². The zero-order valence-corrected chi connectivity index (χ0v) is 15.5. The van der Waals surface area contributed by atoms with E-state index < -0.39 is 11.6 Å². The molecular formula is C23H32F2. The average Bonchev–Trinajstić information content (AvgIpc) is 2.64. The molecule has 0 N–H and O–H groups in total. The zero-order chi connectivity index (χ0) is 17.6. The van der Waals surface area contributed by atoms with E-state index >= 15 is 0 Å². The molecule has 0 radical (unpaired) electrons. The summed E-state index contributed by atoms with van der Waals surface area (Å²) in [5.41, 5.74) is 0.760. The predicted octanol–water partition coefficient (Wildman–Crippen LogP) is 7.39. The van der Waals surface area contributed by atoms with Crippen LogP contribution in [0, 0.1) is 35.3 Å². The summed E-state index contributed by atoms with van der Waals surface area (Å²) in [6.07, 6.45) is 17.9. The molecule has 0 spiro atoms. The fourth-order valence-electron chi connectivity index (χ4n) is 5.03. The van der Waals surface area contributed by atoms with E-state index in [1.54, 1.807) is 6.07 Å². The van der Waals surface area contributed by atoms with Crippen LogP contribution in [0.1, 0.15) is 76.7 Å². The summed E-state index contributed by atoms with van der Waals surface area (Å²) >= 11 is 0. The molecule has 1 aromatic carbocycles. The number of hydrogen-bond donors (Lipinski definition) is 0. The maximum Gasteiger partial charge on any atom is 0.159 e. The lowest BCUT2D eigenvalue weighted by atomic mass is 9.68. The first-order valence-corrected chi connectivity index (χ1v) is 10.3. The van der Waals surface area contributed by atoms with Crippen LogP contribution >= 0.6 is 0 Å². The first-order chi connectivity index (χ1) is 12.2. The van der Waals surface area contributed by atoms with E-state index in [1.165, 1.54) is 76.3 Å². The molecule has 2 heteroatoms. The van der Waals surface area contributed by atoms with Crippen molar-refractivity contribution >= 4 is 6.08 Å². The van der Waals surface area contributed by atoms with E-state index in [4.69, 9.17) is 0 Å². The fourth-order valence-corrected chi connectivity index (χ4v) is 5.03. The van der Waals surface area contributed by atoms with Crippen molar-refractivity contribution in [3.63, 3.8) is 0 Å². The lowest BCUT2D eigenvalue weighted by Gasteiger charge is -2.37. The number of benzene rings is 1. The fraction of sp³-hybridized carbons (Fsp3) is 0.652. The topological polar surface area (TPSA) is 0 Å². The Morgan fingerprint density at radius 3 is 2.12 bits per heavy atom. The molecule has 2 aliphatic carbocycles. The molecule has 0 heterocycles. The molecule has 2 fully saturated rings. The van der Waals surface area contributed by atoms with Crippen molar-refractivity contribution in [2.45, 2.75) is 71.1 Å². The first-order valence-electron chi connectivity index (χ1n) is 10.3. The largest absolute Gasteiger partial charge is 0.204 e. The standard InChI is InChI=1S/C23H32F2/c1-2-3-17-6-11-20(12-7-17)21-13-8-18(9-14-21)4-5-19-10-15-22(24)23(25)16-19/h4-5,10,15-18,20-21H,2-3,6-9,11-14H2,1H3/b5-4+/t17-,18?,20-,21?. The Balaban J connectivity index is 1.44. The highest BCUT2D eigenvalue weighted by Gasteiger charge is 2.29. The molecule has 3 rings (SSSR count). The Morgan fingerprint density at radius 2 is 1.52 bits per heavy atom. The lowest BCUT2D eigenvalue weighted by molar-refractivity contribution is 0.152. The summed E-state index contributed by atoms with van der Waals surface area (Å²) in [5.74, 6) is 1.95. The SMILES string of the molecule is CCC[C@H]1CC[C@H](C2CCC(/C=C/c3ccc(F)c(F)c3)CC2)CC1. The Hall–Kier alpha value is -1.18. The van der Waals surface area contributed by atoms with Gasteiger partial charge in [0.15, 0.2) is 11.6 Å². The van der Waals surface area contributed by atoms with Crippen molar-refractivity contribution in [1.82, 2.24) is 0 Å². The molecule has 0 amide bonds. The molecule has 138 valence electrons. The normalized spacial score (nSPS) is 30.7. The summed E-state index contributed by atoms with van der Waals surface area (Å²) in [6, 6.07) is 4.14. The van der Waals surface area contributed by atoms with Crippen LogP contribution in [0.2, 0.25) is 0 Å². The van der Waals surface area contributed by atoms with E-state index in [0.717, 1.165) is 23.3 Å². The van der Waals surface area contributed by atoms with Gasteiger partial charge in [-0.2, -0.15) is 0 Å². The second kappa shape index (κ2) is 8.96. The molecule has 0 aromatic heterocycles. The van der Waals surface area contributed by atoms with Gasteiger partial charge in [-0.25, -0.2) is 8.78 Å². The number of hydrogen-bond acceptors (Lipinski definition) is 0. The minimum absolute atomic E-state index is 0.598. The summed E-state index contributed by atoms with van der Waals surface area (Å²) in [4.78, 5) is 0. The molecule has 0 atom stereocenters. The van der Waals surface area contributed by atoms with Gasteiger partial charge < -0.3 is 0 Å².